The minimum atomic E-state index is -4.56. The fourth-order valence-electron chi connectivity index (χ4n) is 4.75. The number of nitrogens with zero attached hydrogens (tertiary/aromatic N) is 1. The van der Waals surface area contributed by atoms with Crippen LogP contribution in [0.2, 0.25) is 0 Å². The standard InChI is InChI=1S/C29H39F3N4O/c1-4-6-7-14-21(11-5-2)35-24-16-9-8-15-22(24)26(33)23-17-18-34-27(25(23)19(3)29(30,31)32)36-28(37)20-12-10-13-20/h8-9,15-21,33,35H,4-7,10-14H2,1-3H3,(H,34,36,37). The van der Waals surface area contributed by atoms with Crippen molar-refractivity contribution in [3.05, 3.63) is 53.2 Å². The second-order valence-electron chi connectivity index (χ2n) is 10.0. The molecule has 5 nitrogen and oxygen atoms in total. The van der Waals surface area contributed by atoms with Gasteiger partial charge in [0.05, 0.1) is 11.6 Å². The third kappa shape index (κ3) is 7.33. The lowest BCUT2D eigenvalue weighted by Gasteiger charge is -2.27. The average Bonchev–Trinajstić information content (AvgIpc) is 2.82. The maximum absolute atomic E-state index is 14.0. The summed E-state index contributed by atoms with van der Waals surface area (Å²) >= 11 is 0. The molecule has 1 aliphatic rings. The van der Waals surface area contributed by atoms with Crippen LogP contribution in [0, 0.1) is 11.3 Å². The molecule has 0 bridgehead atoms. The van der Waals surface area contributed by atoms with Crippen molar-refractivity contribution in [3.8, 4) is 0 Å². The van der Waals surface area contributed by atoms with Crippen LogP contribution in [0.15, 0.2) is 36.5 Å². The number of unbranched alkanes of at least 4 members (excludes halogenated alkanes) is 2. The summed E-state index contributed by atoms with van der Waals surface area (Å²) in [6.07, 6.45) is 5.52. The molecule has 1 saturated carbocycles. The van der Waals surface area contributed by atoms with Crippen LogP contribution in [-0.2, 0) is 4.79 Å². The summed E-state index contributed by atoms with van der Waals surface area (Å²) in [5, 5.41) is 15.2. The molecule has 2 unspecified atom stereocenters. The van der Waals surface area contributed by atoms with E-state index in [1.807, 2.05) is 12.1 Å². The Kier molecular flexibility index (Phi) is 10.1. The molecule has 1 aromatic carbocycles. The van der Waals surface area contributed by atoms with Gasteiger partial charge in [-0.1, -0.05) is 64.2 Å². The van der Waals surface area contributed by atoms with E-state index in [4.69, 9.17) is 5.41 Å². The Labute approximate surface area is 218 Å². The largest absolute Gasteiger partial charge is 0.395 e. The van der Waals surface area contributed by atoms with Crippen LogP contribution in [0.25, 0.3) is 0 Å². The number of halogens is 3. The van der Waals surface area contributed by atoms with E-state index in [1.54, 1.807) is 12.1 Å². The SMILES string of the molecule is CCCCCC(CCC)Nc1ccccc1C(=N)c1ccnc(NC(=O)C2CCC2)c1C(C)C(F)(F)F. The van der Waals surface area contributed by atoms with Gasteiger partial charge in [-0.2, -0.15) is 13.2 Å². The minimum Gasteiger partial charge on any atom is -0.382 e. The zero-order chi connectivity index (χ0) is 27.0. The number of alkyl halides is 3. The predicted octanol–water partition coefficient (Wildman–Crippen LogP) is 8.06. The first-order valence-electron chi connectivity index (χ1n) is 13.5. The molecule has 1 fully saturated rings. The molecule has 1 aromatic heterocycles. The van der Waals surface area contributed by atoms with Crippen molar-refractivity contribution in [2.45, 2.75) is 96.7 Å². The van der Waals surface area contributed by atoms with Crippen molar-refractivity contribution >= 4 is 23.1 Å². The van der Waals surface area contributed by atoms with Gasteiger partial charge in [-0.15, -0.1) is 0 Å². The topological polar surface area (TPSA) is 77.9 Å². The Hall–Kier alpha value is -2.90. The molecule has 0 saturated heterocycles. The highest BCUT2D eigenvalue weighted by Crippen LogP contribution is 2.40. The number of benzene rings is 1. The number of aromatic nitrogens is 1. The monoisotopic (exact) mass is 516 g/mol. The Balaban J connectivity index is 1.99. The summed E-state index contributed by atoms with van der Waals surface area (Å²) in [6, 6.07) is 8.95. The van der Waals surface area contributed by atoms with E-state index in [2.05, 4.69) is 29.5 Å². The summed E-state index contributed by atoms with van der Waals surface area (Å²) < 4.78 is 42.0. The quantitative estimate of drug-likeness (QED) is 0.186. The number of hydrogen-bond donors (Lipinski definition) is 3. The summed E-state index contributed by atoms with van der Waals surface area (Å²) in [5.74, 6) is -2.53. The Bertz CT molecular complexity index is 1070. The maximum atomic E-state index is 14.0. The van der Waals surface area contributed by atoms with Crippen LogP contribution >= 0.6 is 0 Å². The predicted molar refractivity (Wildman–Crippen MR) is 144 cm³/mol. The van der Waals surface area contributed by atoms with Gasteiger partial charge in [0, 0.05) is 40.5 Å². The van der Waals surface area contributed by atoms with Gasteiger partial charge in [-0.25, -0.2) is 4.98 Å². The van der Waals surface area contributed by atoms with Crippen LogP contribution in [0.3, 0.4) is 0 Å². The number of para-hydroxylation sites is 1. The molecule has 2 atom stereocenters. The van der Waals surface area contributed by atoms with E-state index in [0.717, 1.165) is 70.4 Å². The van der Waals surface area contributed by atoms with E-state index in [9.17, 15) is 18.0 Å². The first kappa shape index (κ1) is 28.7. The van der Waals surface area contributed by atoms with E-state index in [-0.39, 0.29) is 40.5 Å². The Morgan fingerprint density at radius 1 is 1.08 bits per heavy atom. The molecule has 37 heavy (non-hydrogen) atoms. The van der Waals surface area contributed by atoms with Gasteiger partial charge in [-0.3, -0.25) is 10.2 Å². The molecule has 1 amide bonds. The van der Waals surface area contributed by atoms with Crippen molar-refractivity contribution in [1.29, 1.82) is 5.41 Å². The molecule has 8 heteroatoms. The summed E-state index contributed by atoms with van der Waals surface area (Å²) in [5.41, 5.74) is 1.17. The Morgan fingerprint density at radius 2 is 1.81 bits per heavy atom. The lowest BCUT2D eigenvalue weighted by molar-refractivity contribution is -0.146. The second-order valence-corrected chi connectivity index (χ2v) is 10.0. The lowest BCUT2D eigenvalue weighted by Crippen LogP contribution is -2.30. The minimum absolute atomic E-state index is 0.0282. The van der Waals surface area contributed by atoms with Gasteiger partial charge in [0.1, 0.15) is 5.82 Å². The smallest absolute Gasteiger partial charge is 0.382 e. The van der Waals surface area contributed by atoms with Crippen molar-refractivity contribution in [2.75, 3.05) is 10.6 Å². The molecule has 0 spiro atoms. The summed E-state index contributed by atoms with van der Waals surface area (Å²) in [4.78, 5) is 16.7. The first-order chi connectivity index (χ1) is 17.7. The van der Waals surface area contributed by atoms with E-state index in [1.165, 1.54) is 12.3 Å². The van der Waals surface area contributed by atoms with E-state index < -0.39 is 12.1 Å². The molecular formula is C29H39F3N4O. The van der Waals surface area contributed by atoms with Crippen LogP contribution < -0.4 is 10.6 Å². The van der Waals surface area contributed by atoms with Gasteiger partial charge < -0.3 is 10.6 Å². The molecule has 3 N–H and O–H groups in total. The van der Waals surface area contributed by atoms with Crippen molar-refractivity contribution in [2.24, 2.45) is 5.92 Å². The number of pyridine rings is 1. The fraction of sp³-hybridized carbons (Fsp3) is 0.552. The van der Waals surface area contributed by atoms with E-state index >= 15 is 0 Å². The van der Waals surface area contributed by atoms with Gasteiger partial charge in [0.15, 0.2) is 0 Å². The zero-order valence-corrected chi connectivity index (χ0v) is 22.0. The zero-order valence-electron chi connectivity index (χ0n) is 22.0. The number of carbonyl (C=O) groups is 1. The van der Waals surface area contributed by atoms with Gasteiger partial charge in [0.25, 0.3) is 0 Å². The third-order valence-electron chi connectivity index (χ3n) is 7.25. The molecule has 3 rings (SSSR count). The maximum Gasteiger partial charge on any atom is 0.395 e. The molecule has 202 valence electrons. The molecule has 0 radical (unpaired) electrons. The van der Waals surface area contributed by atoms with Crippen LogP contribution in [0.4, 0.5) is 24.7 Å². The van der Waals surface area contributed by atoms with Crippen LogP contribution in [-0.4, -0.2) is 28.8 Å². The van der Waals surface area contributed by atoms with Gasteiger partial charge in [-0.05, 0) is 44.7 Å². The third-order valence-corrected chi connectivity index (χ3v) is 7.25. The van der Waals surface area contributed by atoms with Crippen molar-refractivity contribution < 1.29 is 18.0 Å². The first-order valence-corrected chi connectivity index (χ1v) is 13.5. The molecule has 2 aromatic rings. The Morgan fingerprint density at radius 3 is 2.43 bits per heavy atom. The number of rotatable bonds is 13. The fourth-order valence-corrected chi connectivity index (χ4v) is 4.75. The molecule has 0 aliphatic heterocycles. The molecular weight excluding hydrogens is 477 g/mol. The van der Waals surface area contributed by atoms with Crippen molar-refractivity contribution in [3.63, 3.8) is 0 Å². The molecule has 1 aliphatic carbocycles. The van der Waals surface area contributed by atoms with Crippen LogP contribution in [0.5, 0.6) is 0 Å². The lowest BCUT2D eigenvalue weighted by atomic mass is 9.84. The second kappa shape index (κ2) is 13.1. The number of carbonyl (C=O) groups excluding carboxylic acids is 1. The number of anilines is 2. The highest BCUT2D eigenvalue weighted by molar-refractivity contribution is 6.15. The van der Waals surface area contributed by atoms with E-state index in [0.29, 0.717) is 5.56 Å². The summed E-state index contributed by atoms with van der Waals surface area (Å²) in [6.45, 7) is 5.35. The van der Waals surface area contributed by atoms with Gasteiger partial charge >= 0.3 is 6.18 Å². The number of nitrogens with one attached hydrogen (secondary N) is 3. The van der Waals surface area contributed by atoms with Gasteiger partial charge in [0.2, 0.25) is 5.91 Å². The number of amides is 1. The highest BCUT2D eigenvalue weighted by atomic mass is 19.4. The van der Waals surface area contributed by atoms with Crippen LogP contribution in [0.1, 0.15) is 101 Å². The summed E-state index contributed by atoms with van der Waals surface area (Å²) in [7, 11) is 0. The highest BCUT2D eigenvalue weighted by Gasteiger charge is 2.41. The number of hydrogen-bond acceptors (Lipinski definition) is 4. The molecule has 1 heterocycles. The van der Waals surface area contributed by atoms with Crippen molar-refractivity contribution in [1.82, 2.24) is 4.98 Å². The normalized spacial score (nSPS) is 15.5. The average molecular weight is 517 g/mol.